The predicted octanol–water partition coefficient (Wildman–Crippen LogP) is 2.00. The second-order valence-corrected chi connectivity index (χ2v) is 5.53. The van der Waals surface area contributed by atoms with Gasteiger partial charge in [0, 0.05) is 25.3 Å². The number of nitrogen functional groups attached to an aromatic ring is 1. The van der Waals surface area contributed by atoms with Gasteiger partial charge < -0.3 is 15.2 Å². The molecule has 1 atom stereocenters. The van der Waals surface area contributed by atoms with Crippen LogP contribution in [0, 0.1) is 5.92 Å². The molecule has 1 aromatic carbocycles. The molecule has 0 saturated carbocycles. The number of benzene rings is 1. The smallest absolute Gasteiger partial charge is 0.119 e. The second-order valence-electron chi connectivity index (χ2n) is 5.53. The van der Waals surface area contributed by atoms with Crippen molar-refractivity contribution in [3.8, 4) is 5.75 Å². The fourth-order valence-electron chi connectivity index (χ4n) is 2.32. The number of morpholine rings is 1. The van der Waals surface area contributed by atoms with Gasteiger partial charge >= 0.3 is 0 Å². The van der Waals surface area contributed by atoms with Gasteiger partial charge in [-0.3, -0.25) is 4.90 Å². The maximum atomic E-state index is 5.75. The maximum Gasteiger partial charge on any atom is 0.119 e. The predicted molar refractivity (Wildman–Crippen MR) is 77.4 cm³/mol. The Morgan fingerprint density at radius 1 is 1.37 bits per heavy atom. The molecule has 1 aliphatic rings. The third-order valence-electron chi connectivity index (χ3n) is 3.16. The average molecular weight is 264 g/mol. The van der Waals surface area contributed by atoms with E-state index < -0.39 is 0 Å². The van der Waals surface area contributed by atoms with Gasteiger partial charge in [-0.2, -0.15) is 0 Å². The third kappa shape index (κ3) is 4.73. The molecule has 1 fully saturated rings. The van der Waals surface area contributed by atoms with Crippen LogP contribution in [0.25, 0.3) is 0 Å². The van der Waals surface area contributed by atoms with Gasteiger partial charge in [-0.25, -0.2) is 0 Å². The number of rotatable bonds is 5. The van der Waals surface area contributed by atoms with E-state index in [2.05, 4.69) is 18.7 Å². The van der Waals surface area contributed by atoms with Crippen LogP contribution < -0.4 is 10.5 Å². The molecule has 0 aliphatic carbocycles. The van der Waals surface area contributed by atoms with Gasteiger partial charge in [0.2, 0.25) is 0 Å². The zero-order valence-corrected chi connectivity index (χ0v) is 11.8. The number of anilines is 1. The summed E-state index contributed by atoms with van der Waals surface area (Å²) in [5.74, 6) is 1.54. The van der Waals surface area contributed by atoms with E-state index in [0.717, 1.165) is 37.7 Å². The Morgan fingerprint density at radius 2 is 2.11 bits per heavy atom. The van der Waals surface area contributed by atoms with Crippen LogP contribution >= 0.6 is 0 Å². The van der Waals surface area contributed by atoms with Crippen LogP contribution in [0.15, 0.2) is 24.3 Å². The van der Waals surface area contributed by atoms with Crippen molar-refractivity contribution in [1.82, 2.24) is 4.90 Å². The molecule has 0 radical (unpaired) electrons. The van der Waals surface area contributed by atoms with Crippen molar-refractivity contribution in [2.75, 3.05) is 38.6 Å². The van der Waals surface area contributed by atoms with Crippen molar-refractivity contribution in [2.45, 2.75) is 20.0 Å². The molecule has 106 valence electrons. The van der Waals surface area contributed by atoms with Crippen molar-refractivity contribution in [2.24, 2.45) is 5.92 Å². The summed E-state index contributed by atoms with van der Waals surface area (Å²) in [5.41, 5.74) is 6.40. The van der Waals surface area contributed by atoms with Crippen LogP contribution in [0.1, 0.15) is 13.8 Å². The van der Waals surface area contributed by atoms with E-state index in [-0.39, 0.29) is 6.10 Å². The fraction of sp³-hybridized carbons (Fsp3) is 0.600. The van der Waals surface area contributed by atoms with Crippen LogP contribution in [0.4, 0.5) is 5.69 Å². The Kier molecular flexibility index (Phi) is 5.05. The molecule has 2 N–H and O–H groups in total. The summed E-state index contributed by atoms with van der Waals surface area (Å²) < 4.78 is 11.5. The Hall–Kier alpha value is -1.26. The maximum absolute atomic E-state index is 5.75. The van der Waals surface area contributed by atoms with E-state index in [9.17, 15) is 0 Å². The Morgan fingerprint density at radius 3 is 2.79 bits per heavy atom. The Balaban J connectivity index is 1.77. The van der Waals surface area contributed by atoms with Gasteiger partial charge in [-0.05, 0) is 30.2 Å². The molecule has 1 aliphatic heterocycles. The summed E-state index contributed by atoms with van der Waals surface area (Å²) in [6.45, 7) is 8.98. The topological polar surface area (TPSA) is 47.7 Å². The van der Waals surface area contributed by atoms with Crippen LogP contribution in [0.2, 0.25) is 0 Å². The van der Waals surface area contributed by atoms with E-state index >= 15 is 0 Å². The van der Waals surface area contributed by atoms with Gasteiger partial charge in [0.05, 0.1) is 6.61 Å². The highest BCUT2D eigenvalue weighted by molar-refractivity contribution is 5.41. The number of nitrogens with zero attached hydrogens (tertiary/aromatic N) is 1. The van der Waals surface area contributed by atoms with E-state index in [1.165, 1.54) is 0 Å². The fourth-order valence-corrected chi connectivity index (χ4v) is 2.32. The molecule has 1 unspecified atom stereocenters. The zero-order chi connectivity index (χ0) is 13.7. The lowest BCUT2D eigenvalue weighted by molar-refractivity contribution is -0.0505. The van der Waals surface area contributed by atoms with Crippen LogP contribution in [-0.4, -0.2) is 43.9 Å². The first-order chi connectivity index (χ1) is 9.13. The first-order valence-corrected chi connectivity index (χ1v) is 6.96. The highest BCUT2D eigenvalue weighted by Gasteiger charge is 2.21. The minimum absolute atomic E-state index is 0.157. The molecule has 2 rings (SSSR count). The van der Waals surface area contributed by atoms with Crippen molar-refractivity contribution in [1.29, 1.82) is 0 Å². The SMILES string of the molecule is CC(C)CN1CCOC(COc2ccc(N)cc2)C1. The van der Waals surface area contributed by atoms with E-state index in [4.69, 9.17) is 15.2 Å². The Labute approximate surface area is 115 Å². The Bertz CT molecular complexity index is 378. The summed E-state index contributed by atoms with van der Waals surface area (Å²) >= 11 is 0. The van der Waals surface area contributed by atoms with Crippen molar-refractivity contribution < 1.29 is 9.47 Å². The molecular weight excluding hydrogens is 240 g/mol. The standard InChI is InChI=1S/C15H24N2O2/c1-12(2)9-17-7-8-18-15(10-17)11-19-14-5-3-13(16)4-6-14/h3-6,12,15H,7-11,16H2,1-2H3. The highest BCUT2D eigenvalue weighted by Crippen LogP contribution is 2.15. The highest BCUT2D eigenvalue weighted by atomic mass is 16.5. The largest absolute Gasteiger partial charge is 0.491 e. The lowest BCUT2D eigenvalue weighted by atomic mass is 10.2. The number of hydrogen-bond donors (Lipinski definition) is 1. The molecule has 1 heterocycles. The lowest BCUT2D eigenvalue weighted by Gasteiger charge is -2.33. The van der Waals surface area contributed by atoms with Crippen molar-refractivity contribution >= 4 is 5.69 Å². The molecule has 4 nitrogen and oxygen atoms in total. The normalized spacial score (nSPS) is 20.7. The number of hydrogen-bond acceptors (Lipinski definition) is 4. The molecule has 19 heavy (non-hydrogen) atoms. The quantitative estimate of drug-likeness (QED) is 0.826. The molecule has 1 aromatic rings. The van der Waals surface area contributed by atoms with Crippen LogP contribution in [-0.2, 0) is 4.74 Å². The minimum Gasteiger partial charge on any atom is -0.491 e. The minimum atomic E-state index is 0.157. The molecule has 1 saturated heterocycles. The van der Waals surface area contributed by atoms with Gasteiger partial charge in [-0.1, -0.05) is 13.8 Å². The zero-order valence-electron chi connectivity index (χ0n) is 11.8. The van der Waals surface area contributed by atoms with E-state index in [0.29, 0.717) is 12.5 Å². The molecule has 0 aromatic heterocycles. The molecule has 4 heteroatoms. The summed E-state index contributed by atoms with van der Waals surface area (Å²) in [6, 6.07) is 7.48. The van der Waals surface area contributed by atoms with Gasteiger partial charge in [0.15, 0.2) is 0 Å². The number of ether oxygens (including phenoxy) is 2. The second kappa shape index (κ2) is 6.78. The molecular formula is C15H24N2O2. The third-order valence-corrected chi connectivity index (χ3v) is 3.16. The van der Waals surface area contributed by atoms with Gasteiger partial charge in [0.1, 0.15) is 18.5 Å². The molecule has 0 amide bonds. The summed E-state index contributed by atoms with van der Waals surface area (Å²) in [5, 5.41) is 0. The first-order valence-electron chi connectivity index (χ1n) is 6.96. The van der Waals surface area contributed by atoms with Crippen LogP contribution in [0.3, 0.4) is 0 Å². The van der Waals surface area contributed by atoms with E-state index in [1.54, 1.807) is 0 Å². The first kappa shape index (κ1) is 14.2. The van der Waals surface area contributed by atoms with E-state index in [1.807, 2.05) is 24.3 Å². The van der Waals surface area contributed by atoms with Crippen molar-refractivity contribution in [3.05, 3.63) is 24.3 Å². The summed E-state index contributed by atoms with van der Waals surface area (Å²) in [6.07, 6.45) is 0.157. The van der Waals surface area contributed by atoms with Crippen molar-refractivity contribution in [3.63, 3.8) is 0 Å². The lowest BCUT2D eigenvalue weighted by Crippen LogP contribution is -2.46. The van der Waals surface area contributed by atoms with Gasteiger partial charge in [0.25, 0.3) is 0 Å². The monoisotopic (exact) mass is 264 g/mol. The summed E-state index contributed by atoms with van der Waals surface area (Å²) in [4.78, 5) is 2.45. The molecule has 0 spiro atoms. The van der Waals surface area contributed by atoms with Crippen LogP contribution in [0.5, 0.6) is 5.75 Å². The summed E-state index contributed by atoms with van der Waals surface area (Å²) in [7, 11) is 0. The number of nitrogens with two attached hydrogens (primary N) is 1. The van der Waals surface area contributed by atoms with Gasteiger partial charge in [-0.15, -0.1) is 0 Å². The average Bonchev–Trinajstić information content (AvgIpc) is 2.38. The molecule has 0 bridgehead atoms.